The van der Waals surface area contributed by atoms with Gasteiger partial charge >= 0.3 is 0 Å². The summed E-state index contributed by atoms with van der Waals surface area (Å²) in [7, 11) is 1.57. The first-order valence-electron chi connectivity index (χ1n) is 6.95. The van der Waals surface area contributed by atoms with E-state index in [2.05, 4.69) is 20.6 Å². The predicted octanol–water partition coefficient (Wildman–Crippen LogP) is 1.23. The second-order valence-corrected chi connectivity index (χ2v) is 5.06. The lowest BCUT2D eigenvalue weighted by Crippen LogP contribution is -2.39. The van der Waals surface area contributed by atoms with Crippen LogP contribution < -0.4 is 4.74 Å². The van der Waals surface area contributed by atoms with Crippen LogP contribution in [0.1, 0.15) is 34.9 Å². The van der Waals surface area contributed by atoms with Gasteiger partial charge in [-0.3, -0.25) is 4.79 Å². The summed E-state index contributed by atoms with van der Waals surface area (Å²) in [6.07, 6.45) is 1.90. The molecule has 1 atom stereocenters. The lowest BCUT2D eigenvalue weighted by atomic mass is 9.96. The molecule has 1 aromatic carbocycles. The zero-order valence-electron chi connectivity index (χ0n) is 11.8. The number of aromatic nitrogens is 4. The molecule has 1 aliphatic rings. The Labute approximate surface area is 122 Å². The number of tetrazole rings is 1. The van der Waals surface area contributed by atoms with Crippen LogP contribution in [0.15, 0.2) is 24.3 Å². The lowest BCUT2D eigenvalue weighted by Gasteiger charge is -2.31. The summed E-state index contributed by atoms with van der Waals surface area (Å²) >= 11 is 0. The molecule has 7 nitrogen and oxygen atoms in total. The minimum atomic E-state index is -0.0133. The molecule has 1 aromatic heterocycles. The average molecular weight is 287 g/mol. The van der Waals surface area contributed by atoms with Gasteiger partial charge in [-0.1, -0.05) is 17.3 Å². The molecule has 1 fully saturated rings. The van der Waals surface area contributed by atoms with Gasteiger partial charge in [-0.25, -0.2) is 0 Å². The van der Waals surface area contributed by atoms with Crippen molar-refractivity contribution >= 4 is 5.91 Å². The Balaban J connectivity index is 1.78. The number of likely N-dealkylation sites (tertiary alicyclic amines) is 1. The maximum absolute atomic E-state index is 12.7. The van der Waals surface area contributed by atoms with Crippen LogP contribution in [-0.2, 0) is 0 Å². The van der Waals surface area contributed by atoms with Crippen LogP contribution in [0.25, 0.3) is 0 Å². The standard InChI is InChI=1S/C14H17N5O2/c1-21-12-7-3-2-6-11(12)14(20)19-8-4-5-10(9-19)13-15-17-18-16-13/h2-3,6-7,10H,4-5,8-9H2,1H3,(H,15,16,17,18). The van der Waals surface area contributed by atoms with E-state index in [0.717, 1.165) is 19.4 Å². The van der Waals surface area contributed by atoms with E-state index in [9.17, 15) is 4.79 Å². The van der Waals surface area contributed by atoms with E-state index in [-0.39, 0.29) is 11.8 Å². The number of hydrogen-bond acceptors (Lipinski definition) is 5. The molecule has 110 valence electrons. The van der Waals surface area contributed by atoms with Crippen molar-refractivity contribution < 1.29 is 9.53 Å². The molecule has 1 N–H and O–H groups in total. The summed E-state index contributed by atoms with van der Waals surface area (Å²) in [6, 6.07) is 7.29. The number of hydrogen-bond donors (Lipinski definition) is 1. The Morgan fingerprint density at radius 2 is 2.29 bits per heavy atom. The van der Waals surface area contributed by atoms with Gasteiger partial charge in [0, 0.05) is 19.0 Å². The van der Waals surface area contributed by atoms with Crippen molar-refractivity contribution in [2.75, 3.05) is 20.2 Å². The molecule has 0 spiro atoms. The summed E-state index contributed by atoms with van der Waals surface area (Å²) in [6.45, 7) is 1.35. The molecule has 1 saturated heterocycles. The third kappa shape index (κ3) is 2.72. The first-order chi connectivity index (χ1) is 10.3. The maximum Gasteiger partial charge on any atom is 0.257 e. The number of nitrogens with one attached hydrogen (secondary N) is 1. The minimum Gasteiger partial charge on any atom is -0.496 e. The van der Waals surface area contributed by atoms with Crippen molar-refractivity contribution in [1.82, 2.24) is 25.5 Å². The highest BCUT2D eigenvalue weighted by atomic mass is 16.5. The average Bonchev–Trinajstić information content (AvgIpc) is 3.09. The van der Waals surface area contributed by atoms with Crippen LogP contribution in [0.5, 0.6) is 5.75 Å². The van der Waals surface area contributed by atoms with Gasteiger partial charge in [0.1, 0.15) is 5.75 Å². The smallest absolute Gasteiger partial charge is 0.257 e. The molecule has 2 heterocycles. The number of ether oxygens (including phenoxy) is 1. The molecule has 1 amide bonds. The Hall–Kier alpha value is -2.44. The molecule has 2 aromatic rings. The van der Waals surface area contributed by atoms with Crippen LogP contribution in [0.3, 0.4) is 0 Å². The van der Waals surface area contributed by atoms with Gasteiger partial charge < -0.3 is 9.64 Å². The summed E-state index contributed by atoms with van der Waals surface area (Å²) in [5, 5.41) is 14.1. The van der Waals surface area contributed by atoms with Crippen molar-refractivity contribution in [1.29, 1.82) is 0 Å². The topological polar surface area (TPSA) is 84.0 Å². The number of benzene rings is 1. The van der Waals surface area contributed by atoms with E-state index in [4.69, 9.17) is 4.74 Å². The van der Waals surface area contributed by atoms with Crippen LogP contribution in [0.4, 0.5) is 0 Å². The quantitative estimate of drug-likeness (QED) is 0.917. The van der Waals surface area contributed by atoms with Gasteiger partial charge in [-0.2, -0.15) is 5.21 Å². The third-order valence-corrected chi connectivity index (χ3v) is 3.77. The fraction of sp³-hybridized carbons (Fsp3) is 0.429. The lowest BCUT2D eigenvalue weighted by molar-refractivity contribution is 0.0701. The van der Waals surface area contributed by atoms with Gasteiger partial charge in [-0.05, 0) is 25.0 Å². The second-order valence-electron chi connectivity index (χ2n) is 5.06. The summed E-state index contributed by atoms with van der Waals surface area (Å²) < 4.78 is 5.27. The monoisotopic (exact) mass is 287 g/mol. The van der Waals surface area contributed by atoms with Crippen molar-refractivity contribution in [2.24, 2.45) is 0 Å². The van der Waals surface area contributed by atoms with E-state index in [1.165, 1.54) is 0 Å². The van der Waals surface area contributed by atoms with E-state index in [1.54, 1.807) is 19.2 Å². The first kappa shape index (κ1) is 13.5. The molecule has 0 bridgehead atoms. The number of aromatic amines is 1. The highest BCUT2D eigenvalue weighted by Gasteiger charge is 2.28. The third-order valence-electron chi connectivity index (χ3n) is 3.77. The second kappa shape index (κ2) is 5.90. The zero-order chi connectivity index (χ0) is 14.7. The Morgan fingerprint density at radius 1 is 1.43 bits per heavy atom. The molecular formula is C14H17N5O2. The highest BCUT2D eigenvalue weighted by Crippen LogP contribution is 2.27. The molecule has 1 unspecified atom stereocenters. The van der Waals surface area contributed by atoms with Crippen LogP contribution in [0, 0.1) is 0 Å². The number of nitrogens with zero attached hydrogens (tertiary/aromatic N) is 4. The van der Waals surface area contributed by atoms with Gasteiger partial charge in [-0.15, -0.1) is 10.2 Å². The Kier molecular flexibility index (Phi) is 3.81. The number of H-pyrrole nitrogens is 1. The van der Waals surface area contributed by atoms with Crippen LogP contribution in [-0.4, -0.2) is 51.6 Å². The number of carbonyl (C=O) groups excluding carboxylic acids is 1. The number of piperidine rings is 1. The predicted molar refractivity (Wildman–Crippen MR) is 75.1 cm³/mol. The van der Waals surface area contributed by atoms with E-state index in [1.807, 2.05) is 17.0 Å². The summed E-state index contributed by atoms with van der Waals surface area (Å²) in [4.78, 5) is 14.5. The Morgan fingerprint density at radius 3 is 3.05 bits per heavy atom. The minimum absolute atomic E-state index is 0.0133. The van der Waals surface area contributed by atoms with Crippen molar-refractivity contribution in [3.05, 3.63) is 35.7 Å². The largest absolute Gasteiger partial charge is 0.496 e. The molecule has 1 aliphatic heterocycles. The maximum atomic E-state index is 12.7. The number of amides is 1. The number of para-hydroxylation sites is 1. The number of methoxy groups -OCH3 is 1. The summed E-state index contributed by atoms with van der Waals surface area (Å²) in [5.74, 6) is 1.40. The van der Waals surface area contributed by atoms with Crippen molar-refractivity contribution in [2.45, 2.75) is 18.8 Å². The molecule has 7 heteroatoms. The highest BCUT2D eigenvalue weighted by molar-refractivity contribution is 5.97. The van der Waals surface area contributed by atoms with Gasteiger partial charge in [0.2, 0.25) is 0 Å². The van der Waals surface area contributed by atoms with Gasteiger partial charge in [0.05, 0.1) is 12.7 Å². The van der Waals surface area contributed by atoms with Crippen molar-refractivity contribution in [3.63, 3.8) is 0 Å². The molecule has 3 rings (SSSR count). The SMILES string of the molecule is COc1ccccc1C(=O)N1CCCC(c2nn[nH]n2)C1. The summed E-state index contributed by atoms with van der Waals surface area (Å²) in [5.41, 5.74) is 0.591. The van der Waals surface area contributed by atoms with Crippen molar-refractivity contribution in [3.8, 4) is 5.75 Å². The first-order valence-corrected chi connectivity index (χ1v) is 6.95. The zero-order valence-corrected chi connectivity index (χ0v) is 11.8. The van der Waals surface area contributed by atoms with Gasteiger partial charge in [0.25, 0.3) is 5.91 Å². The Bertz CT molecular complexity index is 614. The van der Waals surface area contributed by atoms with E-state index < -0.39 is 0 Å². The number of carbonyl (C=O) groups is 1. The fourth-order valence-electron chi connectivity index (χ4n) is 2.71. The molecule has 0 aliphatic carbocycles. The van der Waals surface area contributed by atoms with Crippen LogP contribution >= 0.6 is 0 Å². The fourth-order valence-corrected chi connectivity index (χ4v) is 2.71. The molecule has 0 saturated carbocycles. The molecular weight excluding hydrogens is 270 g/mol. The molecule has 21 heavy (non-hydrogen) atoms. The van der Waals surface area contributed by atoms with E-state index >= 15 is 0 Å². The van der Waals surface area contributed by atoms with E-state index in [0.29, 0.717) is 23.7 Å². The van der Waals surface area contributed by atoms with Crippen LogP contribution in [0.2, 0.25) is 0 Å². The normalized spacial score (nSPS) is 18.5. The number of rotatable bonds is 3. The molecule has 0 radical (unpaired) electrons. The van der Waals surface area contributed by atoms with Gasteiger partial charge in [0.15, 0.2) is 5.82 Å².